The molecule has 0 aliphatic carbocycles. The first kappa shape index (κ1) is 14.5. The molecule has 0 saturated heterocycles. The van der Waals surface area contributed by atoms with Crippen molar-refractivity contribution in [3.05, 3.63) is 35.4 Å². The minimum atomic E-state index is 0.190. The molecule has 0 bridgehead atoms. The predicted molar refractivity (Wildman–Crippen MR) is 78.6 cm³/mol. The molecular formula is C16H26N2O. The molecule has 0 amide bonds. The largest absolute Gasteiger partial charge is 0.373 e. The SMILES string of the molecule is CCC(C)CC(CC1OCCc2ccccc21)NN. The summed E-state index contributed by atoms with van der Waals surface area (Å²) < 4.78 is 5.96. The first-order valence-electron chi connectivity index (χ1n) is 7.40. The van der Waals surface area contributed by atoms with E-state index in [0.717, 1.165) is 25.9 Å². The lowest BCUT2D eigenvalue weighted by Crippen LogP contribution is -2.38. The molecule has 106 valence electrons. The van der Waals surface area contributed by atoms with Crippen molar-refractivity contribution in [3.63, 3.8) is 0 Å². The van der Waals surface area contributed by atoms with Crippen molar-refractivity contribution in [3.8, 4) is 0 Å². The average molecular weight is 262 g/mol. The van der Waals surface area contributed by atoms with Crippen LogP contribution in [0.15, 0.2) is 24.3 Å². The molecule has 1 aromatic carbocycles. The Morgan fingerprint density at radius 3 is 2.95 bits per heavy atom. The molecule has 0 spiro atoms. The van der Waals surface area contributed by atoms with Crippen molar-refractivity contribution >= 4 is 0 Å². The second kappa shape index (κ2) is 7.04. The van der Waals surface area contributed by atoms with Gasteiger partial charge in [-0.05, 0) is 36.3 Å². The Labute approximate surface area is 116 Å². The van der Waals surface area contributed by atoms with Crippen LogP contribution in [0, 0.1) is 5.92 Å². The molecule has 3 heteroatoms. The molecule has 1 aromatic rings. The number of fused-ring (bicyclic) bond motifs is 1. The van der Waals surface area contributed by atoms with Gasteiger partial charge in [0.2, 0.25) is 0 Å². The fourth-order valence-electron chi connectivity index (χ4n) is 2.81. The van der Waals surface area contributed by atoms with Crippen LogP contribution >= 0.6 is 0 Å². The highest BCUT2D eigenvalue weighted by molar-refractivity contribution is 5.31. The topological polar surface area (TPSA) is 47.3 Å². The molecule has 1 heterocycles. The molecule has 3 unspecified atom stereocenters. The molecule has 0 aromatic heterocycles. The lowest BCUT2D eigenvalue weighted by Gasteiger charge is -2.30. The summed E-state index contributed by atoms with van der Waals surface area (Å²) in [5, 5.41) is 0. The number of hydrogen-bond acceptors (Lipinski definition) is 3. The van der Waals surface area contributed by atoms with Crippen LogP contribution in [0.3, 0.4) is 0 Å². The van der Waals surface area contributed by atoms with Crippen LogP contribution in [0.4, 0.5) is 0 Å². The summed E-state index contributed by atoms with van der Waals surface area (Å²) in [6.45, 7) is 5.33. The summed E-state index contributed by atoms with van der Waals surface area (Å²) in [5.41, 5.74) is 5.74. The van der Waals surface area contributed by atoms with Gasteiger partial charge in [0.05, 0.1) is 12.7 Å². The van der Waals surface area contributed by atoms with E-state index in [-0.39, 0.29) is 6.10 Å². The molecule has 3 N–H and O–H groups in total. The van der Waals surface area contributed by atoms with Crippen molar-refractivity contribution in [2.45, 2.75) is 51.7 Å². The van der Waals surface area contributed by atoms with E-state index in [0.29, 0.717) is 12.0 Å². The zero-order valence-electron chi connectivity index (χ0n) is 12.1. The minimum Gasteiger partial charge on any atom is -0.373 e. The lowest BCUT2D eigenvalue weighted by atomic mass is 9.90. The third kappa shape index (κ3) is 3.78. The van der Waals surface area contributed by atoms with Gasteiger partial charge in [0.1, 0.15) is 0 Å². The van der Waals surface area contributed by atoms with Crippen LogP contribution in [0.25, 0.3) is 0 Å². The summed E-state index contributed by atoms with van der Waals surface area (Å²) in [6, 6.07) is 8.94. The van der Waals surface area contributed by atoms with Gasteiger partial charge in [-0.1, -0.05) is 44.5 Å². The monoisotopic (exact) mass is 262 g/mol. The number of rotatable bonds is 6. The Balaban J connectivity index is 2.02. The summed E-state index contributed by atoms with van der Waals surface area (Å²) in [6.07, 6.45) is 4.47. The van der Waals surface area contributed by atoms with Gasteiger partial charge >= 0.3 is 0 Å². The number of nitrogens with two attached hydrogens (primary N) is 1. The third-order valence-corrected chi connectivity index (χ3v) is 4.21. The van der Waals surface area contributed by atoms with Crippen LogP contribution in [0.5, 0.6) is 0 Å². The van der Waals surface area contributed by atoms with Crippen molar-refractivity contribution < 1.29 is 4.74 Å². The van der Waals surface area contributed by atoms with Crippen molar-refractivity contribution in [2.75, 3.05) is 6.61 Å². The maximum Gasteiger partial charge on any atom is 0.0843 e. The van der Waals surface area contributed by atoms with Crippen molar-refractivity contribution in [1.82, 2.24) is 5.43 Å². The van der Waals surface area contributed by atoms with E-state index in [1.54, 1.807) is 0 Å². The molecule has 3 nitrogen and oxygen atoms in total. The first-order chi connectivity index (χ1) is 9.24. The quantitative estimate of drug-likeness (QED) is 0.612. The average Bonchev–Trinajstić information content (AvgIpc) is 2.46. The smallest absolute Gasteiger partial charge is 0.0843 e. The summed E-state index contributed by atoms with van der Waals surface area (Å²) in [4.78, 5) is 0. The van der Waals surface area contributed by atoms with Gasteiger partial charge in [-0.15, -0.1) is 0 Å². The highest BCUT2D eigenvalue weighted by atomic mass is 16.5. The van der Waals surface area contributed by atoms with Gasteiger partial charge in [0.15, 0.2) is 0 Å². The van der Waals surface area contributed by atoms with Gasteiger partial charge in [-0.2, -0.15) is 0 Å². The summed E-state index contributed by atoms with van der Waals surface area (Å²) in [5.74, 6) is 6.40. The number of ether oxygens (including phenoxy) is 1. The van der Waals surface area contributed by atoms with Gasteiger partial charge in [0.25, 0.3) is 0 Å². The molecule has 2 rings (SSSR count). The number of hydrogen-bond donors (Lipinski definition) is 2. The van der Waals surface area contributed by atoms with E-state index in [4.69, 9.17) is 10.6 Å². The van der Waals surface area contributed by atoms with Crippen LogP contribution < -0.4 is 11.3 Å². The molecule has 1 aliphatic rings. The van der Waals surface area contributed by atoms with E-state index in [1.807, 2.05) is 0 Å². The molecule has 0 saturated carbocycles. The van der Waals surface area contributed by atoms with Gasteiger partial charge in [-0.3, -0.25) is 11.3 Å². The zero-order valence-corrected chi connectivity index (χ0v) is 12.1. The number of benzene rings is 1. The maximum absolute atomic E-state index is 5.96. The molecule has 0 fully saturated rings. The molecule has 3 atom stereocenters. The standard InChI is InChI=1S/C16H26N2O/c1-3-12(2)10-14(18-17)11-16-15-7-5-4-6-13(15)8-9-19-16/h4-7,12,14,16,18H,3,8-11,17H2,1-2H3. The number of hydrazine groups is 1. The number of nitrogens with one attached hydrogen (secondary N) is 1. The molecule has 0 radical (unpaired) electrons. The maximum atomic E-state index is 5.96. The van der Waals surface area contributed by atoms with E-state index >= 15 is 0 Å². The highest BCUT2D eigenvalue weighted by Gasteiger charge is 2.24. The van der Waals surface area contributed by atoms with Crippen LogP contribution in [0.2, 0.25) is 0 Å². The normalized spacial score (nSPS) is 21.7. The van der Waals surface area contributed by atoms with E-state index in [1.165, 1.54) is 17.5 Å². The zero-order chi connectivity index (χ0) is 13.7. The Bertz CT molecular complexity index is 394. The third-order valence-electron chi connectivity index (χ3n) is 4.21. The Kier molecular flexibility index (Phi) is 5.37. The summed E-state index contributed by atoms with van der Waals surface area (Å²) >= 11 is 0. The molecule has 1 aliphatic heterocycles. The highest BCUT2D eigenvalue weighted by Crippen LogP contribution is 2.31. The molecular weight excluding hydrogens is 236 g/mol. The predicted octanol–water partition coefficient (Wildman–Crippen LogP) is 2.96. The van der Waals surface area contributed by atoms with Crippen LogP contribution in [-0.2, 0) is 11.2 Å². The fourth-order valence-corrected chi connectivity index (χ4v) is 2.81. The van der Waals surface area contributed by atoms with E-state index < -0.39 is 0 Å². The second-order valence-corrected chi connectivity index (χ2v) is 5.66. The van der Waals surface area contributed by atoms with Gasteiger partial charge in [-0.25, -0.2) is 0 Å². The first-order valence-corrected chi connectivity index (χ1v) is 7.40. The lowest BCUT2D eigenvalue weighted by molar-refractivity contribution is 0.0277. The van der Waals surface area contributed by atoms with Gasteiger partial charge < -0.3 is 4.74 Å². The van der Waals surface area contributed by atoms with E-state index in [2.05, 4.69) is 43.5 Å². The Hall–Kier alpha value is -0.900. The van der Waals surface area contributed by atoms with Gasteiger partial charge in [0, 0.05) is 6.04 Å². The Morgan fingerprint density at radius 2 is 2.21 bits per heavy atom. The van der Waals surface area contributed by atoms with Crippen LogP contribution in [0.1, 0.15) is 50.3 Å². The van der Waals surface area contributed by atoms with E-state index in [9.17, 15) is 0 Å². The summed E-state index contributed by atoms with van der Waals surface area (Å²) in [7, 11) is 0. The molecule has 19 heavy (non-hydrogen) atoms. The Morgan fingerprint density at radius 1 is 1.42 bits per heavy atom. The fraction of sp³-hybridized carbons (Fsp3) is 0.625. The minimum absolute atomic E-state index is 0.190. The second-order valence-electron chi connectivity index (χ2n) is 5.66. The van der Waals surface area contributed by atoms with Crippen LogP contribution in [-0.4, -0.2) is 12.6 Å². The van der Waals surface area contributed by atoms with Crippen molar-refractivity contribution in [1.29, 1.82) is 0 Å². The van der Waals surface area contributed by atoms with Crippen molar-refractivity contribution in [2.24, 2.45) is 11.8 Å².